The molecule has 0 radical (unpaired) electrons. The summed E-state index contributed by atoms with van der Waals surface area (Å²) in [4.78, 5) is 2.40. The highest BCUT2D eigenvalue weighted by Crippen LogP contribution is 2.42. The van der Waals surface area contributed by atoms with E-state index in [0.717, 1.165) is 22.7 Å². The minimum Gasteiger partial charge on any atom is -0.310 e. The van der Waals surface area contributed by atoms with Crippen molar-refractivity contribution in [2.75, 3.05) is 4.90 Å². The second kappa shape index (κ2) is 12.9. The van der Waals surface area contributed by atoms with Crippen molar-refractivity contribution in [1.82, 2.24) is 4.57 Å². The van der Waals surface area contributed by atoms with Crippen LogP contribution in [-0.4, -0.2) is 4.57 Å². The molecule has 11 rings (SSSR count). The standard InChI is InChI=1S/C52H34N2S/c1-2-11-35(12-3-1)37-21-25-41(26-22-37)53(44-28-30-52-48(34-44)47-18-7-9-20-51(47)55-52)42-16-10-15-39(32-42)40-24-29-46-45-17-6-8-19-49(45)54(50(46)33-40)43-27-23-36-13-4-5-14-38(36)31-43/h1-34H. The van der Waals surface area contributed by atoms with E-state index in [1.807, 2.05) is 11.3 Å². The Bertz CT molecular complexity index is 3210. The minimum atomic E-state index is 1.11. The molecule has 2 nitrogen and oxygen atoms in total. The first-order chi connectivity index (χ1) is 27.2. The van der Waals surface area contributed by atoms with Crippen LogP contribution >= 0.6 is 11.3 Å². The molecule has 0 spiro atoms. The number of thiophene rings is 1. The lowest BCUT2D eigenvalue weighted by Crippen LogP contribution is -2.10. The van der Waals surface area contributed by atoms with Crippen LogP contribution in [0, 0.1) is 0 Å². The lowest BCUT2D eigenvalue weighted by Gasteiger charge is -2.26. The van der Waals surface area contributed by atoms with Crippen molar-refractivity contribution in [3.05, 3.63) is 206 Å². The molecular weight excluding hydrogens is 685 g/mol. The van der Waals surface area contributed by atoms with E-state index in [-0.39, 0.29) is 0 Å². The van der Waals surface area contributed by atoms with Gasteiger partial charge in [0.2, 0.25) is 0 Å². The van der Waals surface area contributed by atoms with Crippen LogP contribution in [0.3, 0.4) is 0 Å². The second-order valence-electron chi connectivity index (χ2n) is 14.2. The van der Waals surface area contributed by atoms with Gasteiger partial charge in [-0.3, -0.25) is 0 Å². The minimum absolute atomic E-state index is 1.11. The molecule has 3 heteroatoms. The van der Waals surface area contributed by atoms with E-state index >= 15 is 0 Å². The largest absolute Gasteiger partial charge is 0.310 e. The highest BCUT2D eigenvalue weighted by molar-refractivity contribution is 7.25. The zero-order chi connectivity index (χ0) is 36.3. The van der Waals surface area contributed by atoms with Crippen molar-refractivity contribution < 1.29 is 0 Å². The molecule has 0 fully saturated rings. The van der Waals surface area contributed by atoms with Crippen molar-refractivity contribution in [2.24, 2.45) is 0 Å². The molecule has 0 N–H and O–H groups in total. The molecule has 9 aromatic carbocycles. The van der Waals surface area contributed by atoms with Crippen molar-refractivity contribution >= 4 is 81.1 Å². The second-order valence-corrected chi connectivity index (χ2v) is 15.3. The number of para-hydroxylation sites is 1. The highest BCUT2D eigenvalue weighted by Gasteiger charge is 2.18. The fourth-order valence-electron chi connectivity index (χ4n) is 8.30. The monoisotopic (exact) mass is 718 g/mol. The third kappa shape index (κ3) is 5.40. The number of hydrogen-bond donors (Lipinski definition) is 0. The predicted octanol–water partition coefficient (Wildman–Crippen LogP) is 15.1. The lowest BCUT2D eigenvalue weighted by molar-refractivity contribution is 1.19. The summed E-state index contributed by atoms with van der Waals surface area (Å²) in [6.07, 6.45) is 0. The molecule has 258 valence electrons. The maximum absolute atomic E-state index is 2.42. The summed E-state index contributed by atoms with van der Waals surface area (Å²) in [7, 11) is 0. The van der Waals surface area contributed by atoms with Crippen LogP contribution in [0.1, 0.15) is 0 Å². The van der Waals surface area contributed by atoms with Gasteiger partial charge in [-0.2, -0.15) is 0 Å². The van der Waals surface area contributed by atoms with Gasteiger partial charge in [0.15, 0.2) is 0 Å². The normalized spacial score (nSPS) is 11.6. The van der Waals surface area contributed by atoms with Crippen LogP contribution in [0.5, 0.6) is 0 Å². The highest BCUT2D eigenvalue weighted by atomic mass is 32.1. The fraction of sp³-hybridized carbons (Fsp3) is 0. The summed E-state index contributed by atoms with van der Waals surface area (Å²) >= 11 is 1.85. The summed E-state index contributed by atoms with van der Waals surface area (Å²) < 4.78 is 5.03. The number of aromatic nitrogens is 1. The Hall–Kier alpha value is -6.94. The molecule has 0 amide bonds. The van der Waals surface area contributed by atoms with Crippen molar-refractivity contribution in [2.45, 2.75) is 0 Å². The third-order valence-electron chi connectivity index (χ3n) is 11.0. The van der Waals surface area contributed by atoms with Gasteiger partial charge in [-0.25, -0.2) is 0 Å². The van der Waals surface area contributed by atoms with E-state index in [1.54, 1.807) is 0 Å². The fourth-order valence-corrected chi connectivity index (χ4v) is 9.39. The Morgan fingerprint density at radius 2 is 0.964 bits per heavy atom. The Kier molecular flexibility index (Phi) is 7.39. The Labute approximate surface area is 323 Å². The molecular formula is C52H34N2S. The van der Waals surface area contributed by atoms with Crippen LogP contribution < -0.4 is 4.90 Å². The molecule has 0 saturated heterocycles. The molecule has 0 aliphatic heterocycles. The van der Waals surface area contributed by atoms with Gasteiger partial charge in [0.05, 0.1) is 11.0 Å². The molecule has 0 unspecified atom stereocenters. The van der Waals surface area contributed by atoms with Crippen LogP contribution in [0.25, 0.3) is 80.7 Å². The maximum Gasteiger partial charge on any atom is 0.0547 e. The Morgan fingerprint density at radius 3 is 1.85 bits per heavy atom. The molecule has 0 aliphatic rings. The van der Waals surface area contributed by atoms with Gasteiger partial charge in [0, 0.05) is 53.7 Å². The summed E-state index contributed by atoms with van der Waals surface area (Å²) in [6.45, 7) is 0. The molecule has 0 saturated carbocycles. The van der Waals surface area contributed by atoms with Crippen LogP contribution in [0.15, 0.2) is 206 Å². The summed E-state index contributed by atoms with van der Waals surface area (Å²) in [5, 5.41) is 7.57. The smallest absolute Gasteiger partial charge is 0.0547 e. The summed E-state index contributed by atoms with van der Waals surface area (Å²) in [6, 6.07) is 75.3. The van der Waals surface area contributed by atoms with Gasteiger partial charge >= 0.3 is 0 Å². The number of benzene rings is 9. The molecule has 2 heterocycles. The third-order valence-corrected chi connectivity index (χ3v) is 12.1. The molecule has 0 bridgehead atoms. The van der Waals surface area contributed by atoms with E-state index in [4.69, 9.17) is 0 Å². The zero-order valence-electron chi connectivity index (χ0n) is 29.9. The molecule has 0 aliphatic carbocycles. The van der Waals surface area contributed by atoms with E-state index in [9.17, 15) is 0 Å². The van der Waals surface area contributed by atoms with Gasteiger partial charge in [-0.15, -0.1) is 11.3 Å². The maximum atomic E-state index is 2.42. The van der Waals surface area contributed by atoms with Gasteiger partial charge < -0.3 is 9.47 Å². The van der Waals surface area contributed by atoms with E-state index in [0.29, 0.717) is 0 Å². The SMILES string of the molecule is c1ccc(-c2ccc(N(c3cccc(-c4ccc5c6ccccc6n(-c6ccc7ccccc7c6)c5c4)c3)c3ccc4sc5ccccc5c4c3)cc2)cc1. The average molecular weight is 719 g/mol. The first-order valence-corrected chi connectivity index (χ1v) is 19.6. The van der Waals surface area contributed by atoms with E-state index in [1.165, 1.54) is 75.0 Å². The summed E-state index contributed by atoms with van der Waals surface area (Å²) in [5.41, 5.74) is 11.7. The molecule has 2 aromatic heterocycles. The van der Waals surface area contributed by atoms with E-state index < -0.39 is 0 Å². The Balaban J connectivity index is 1.07. The number of fused-ring (bicyclic) bond motifs is 7. The molecule has 0 atom stereocenters. The van der Waals surface area contributed by atoms with E-state index in [2.05, 4.69) is 216 Å². The Morgan fingerprint density at radius 1 is 0.327 bits per heavy atom. The predicted molar refractivity (Wildman–Crippen MR) is 237 cm³/mol. The van der Waals surface area contributed by atoms with Crippen molar-refractivity contribution in [3.8, 4) is 27.9 Å². The molecule has 11 aromatic rings. The number of nitrogens with zero attached hydrogens (tertiary/aromatic N) is 2. The average Bonchev–Trinajstić information content (AvgIpc) is 3.79. The van der Waals surface area contributed by atoms with Gasteiger partial charge in [-0.05, 0) is 106 Å². The van der Waals surface area contributed by atoms with Crippen LogP contribution in [0.2, 0.25) is 0 Å². The first-order valence-electron chi connectivity index (χ1n) is 18.7. The van der Waals surface area contributed by atoms with Crippen LogP contribution in [0.4, 0.5) is 17.1 Å². The van der Waals surface area contributed by atoms with Gasteiger partial charge in [-0.1, -0.05) is 133 Å². The quantitative estimate of drug-likeness (QED) is 0.166. The van der Waals surface area contributed by atoms with Gasteiger partial charge in [0.1, 0.15) is 0 Å². The number of rotatable bonds is 6. The van der Waals surface area contributed by atoms with Crippen molar-refractivity contribution in [1.29, 1.82) is 0 Å². The molecule has 55 heavy (non-hydrogen) atoms. The van der Waals surface area contributed by atoms with Gasteiger partial charge in [0.25, 0.3) is 0 Å². The summed E-state index contributed by atoms with van der Waals surface area (Å²) in [5.74, 6) is 0. The number of hydrogen-bond acceptors (Lipinski definition) is 2. The lowest BCUT2D eigenvalue weighted by atomic mass is 10.0. The first kappa shape index (κ1) is 31.6. The zero-order valence-corrected chi connectivity index (χ0v) is 30.7. The van der Waals surface area contributed by atoms with Crippen LogP contribution in [-0.2, 0) is 0 Å². The van der Waals surface area contributed by atoms with Crippen molar-refractivity contribution in [3.63, 3.8) is 0 Å². The number of anilines is 3. The topological polar surface area (TPSA) is 8.17 Å².